The molecule has 1 unspecified atom stereocenters. The molecule has 0 aliphatic rings. The van der Waals surface area contributed by atoms with Gasteiger partial charge in [-0.15, -0.1) is 6.42 Å². The highest BCUT2D eigenvalue weighted by Crippen LogP contribution is 2.33. The molecule has 96 valence electrons. The van der Waals surface area contributed by atoms with Gasteiger partial charge in [-0.05, 0) is 20.3 Å². The van der Waals surface area contributed by atoms with Crippen molar-refractivity contribution in [3.05, 3.63) is 11.7 Å². The summed E-state index contributed by atoms with van der Waals surface area (Å²) >= 11 is 0. The van der Waals surface area contributed by atoms with Crippen molar-refractivity contribution in [3.8, 4) is 12.3 Å². The minimum atomic E-state index is -0.971. The molecule has 1 atom stereocenters. The van der Waals surface area contributed by atoms with E-state index in [2.05, 4.69) is 10.9 Å². The number of hydrogen-bond donors (Lipinski definition) is 0. The SMILES string of the molecule is C#CC(C)(CC)/C(F)=C(\N=C(/C)N(C)C)OC. The maximum absolute atomic E-state index is 14.2. The molecule has 0 N–H and O–H groups in total. The molecule has 0 aromatic rings. The van der Waals surface area contributed by atoms with E-state index in [1.165, 1.54) is 7.11 Å². The van der Waals surface area contributed by atoms with E-state index in [-0.39, 0.29) is 5.88 Å². The molecule has 0 heterocycles. The number of halogens is 1. The monoisotopic (exact) mass is 240 g/mol. The van der Waals surface area contributed by atoms with Crippen molar-refractivity contribution in [3.63, 3.8) is 0 Å². The van der Waals surface area contributed by atoms with Crippen LogP contribution >= 0.6 is 0 Å². The lowest BCUT2D eigenvalue weighted by Crippen LogP contribution is -2.20. The molecule has 0 aromatic heterocycles. The zero-order chi connectivity index (χ0) is 13.6. The van der Waals surface area contributed by atoms with Crippen LogP contribution in [-0.2, 0) is 4.74 Å². The Morgan fingerprint density at radius 2 is 2.06 bits per heavy atom. The molecule has 0 amide bonds. The Bertz CT molecular complexity index is 366. The summed E-state index contributed by atoms with van der Waals surface area (Å²) in [5.74, 6) is 2.53. The molecular formula is C13H21FN2O. The van der Waals surface area contributed by atoms with Crippen molar-refractivity contribution in [2.45, 2.75) is 27.2 Å². The lowest BCUT2D eigenvalue weighted by Gasteiger charge is -2.21. The second-order valence-corrected chi connectivity index (χ2v) is 4.21. The number of ether oxygens (including phenoxy) is 1. The van der Waals surface area contributed by atoms with Gasteiger partial charge in [0.15, 0.2) is 5.83 Å². The minimum absolute atomic E-state index is 0.0569. The molecule has 0 aliphatic heterocycles. The number of hydrogen-bond acceptors (Lipinski definition) is 2. The molecule has 0 spiro atoms. The molecule has 3 nitrogen and oxygen atoms in total. The van der Waals surface area contributed by atoms with Gasteiger partial charge in [-0.3, -0.25) is 0 Å². The number of nitrogens with zero attached hydrogens (tertiary/aromatic N) is 2. The molecule has 17 heavy (non-hydrogen) atoms. The fourth-order valence-corrected chi connectivity index (χ4v) is 0.988. The van der Waals surface area contributed by atoms with Gasteiger partial charge >= 0.3 is 0 Å². The number of terminal acetylenes is 1. The van der Waals surface area contributed by atoms with Crippen LogP contribution in [-0.4, -0.2) is 31.9 Å². The Kier molecular flexibility index (Phi) is 5.73. The molecule has 0 saturated heterocycles. The van der Waals surface area contributed by atoms with Gasteiger partial charge < -0.3 is 9.64 Å². The highest BCUT2D eigenvalue weighted by atomic mass is 19.1. The Labute approximate surface area is 103 Å². The van der Waals surface area contributed by atoms with Gasteiger partial charge in [0.05, 0.1) is 12.5 Å². The molecule has 0 aromatic carbocycles. The van der Waals surface area contributed by atoms with Crippen LogP contribution in [0.3, 0.4) is 0 Å². The van der Waals surface area contributed by atoms with E-state index in [9.17, 15) is 4.39 Å². The van der Waals surface area contributed by atoms with Crippen LogP contribution in [0.1, 0.15) is 27.2 Å². The first-order valence-corrected chi connectivity index (χ1v) is 5.47. The maximum atomic E-state index is 14.2. The Morgan fingerprint density at radius 1 is 1.53 bits per heavy atom. The number of allylic oxidation sites excluding steroid dienone is 1. The standard InChI is InChI=1S/C13H21FN2O/c1-8-13(4,9-2)11(14)12(17-7)15-10(3)16(5)6/h1H,9H2,2-7H3/b12-11-,15-10+. The largest absolute Gasteiger partial charge is 0.479 e. The van der Waals surface area contributed by atoms with E-state index in [1.54, 1.807) is 18.7 Å². The van der Waals surface area contributed by atoms with E-state index in [0.717, 1.165) is 0 Å². The highest BCUT2D eigenvalue weighted by Gasteiger charge is 2.29. The van der Waals surface area contributed by atoms with Crippen molar-refractivity contribution < 1.29 is 9.13 Å². The van der Waals surface area contributed by atoms with E-state index >= 15 is 0 Å². The molecule has 0 bridgehead atoms. The maximum Gasteiger partial charge on any atom is 0.249 e. The Hall–Kier alpha value is -1.50. The third kappa shape index (κ3) is 3.77. The van der Waals surface area contributed by atoms with E-state index in [4.69, 9.17) is 11.2 Å². The highest BCUT2D eigenvalue weighted by molar-refractivity contribution is 5.80. The van der Waals surface area contributed by atoms with E-state index < -0.39 is 11.2 Å². The smallest absolute Gasteiger partial charge is 0.249 e. The average Bonchev–Trinajstić information content (AvgIpc) is 2.33. The van der Waals surface area contributed by atoms with Crippen LogP contribution in [0, 0.1) is 17.8 Å². The van der Waals surface area contributed by atoms with Gasteiger partial charge in [-0.25, -0.2) is 4.39 Å². The molecule has 0 fully saturated rings. The topological polar surface area (TPSA) is 24.8 Å². The first-order valence-electron chi connectivity index (χ1n) is 5.47. The predicted molar refractivity (Wildman–Crippen MR) is 69.2 cm³/mol. The van der Waals surface area contributed by atoms with E-state index in [0.29, 0.717) is 12.3 Å². The van der Waals surface area contributed by atoms with Gasteiger partial charge in [0.2, 0.25) is 5.88 Å². The van der Waals surface area contributed by atoms with Crippen molar-refractivity contribution >= 4 is 5.84 Å². The van der Waals surface area contributed by atoms with Gasteiger partial charge in [0.1, 0.15) is 5.84 Å². The van der Waals surface area contributed by atoms with Gasteiger partial charge in [0, 0.05) is 14.1 Å². The lowest BCUT2D eigenvalue weighted by molar-refractivity contribution is 0.247. The zero-order valence-corrected chi connectivity index (χ0v) is 11.5. The first kappa shape index (κ1) is 15.5. The number of amidine groups is 1. The van der Waals surface area contributed by atoms with Crippen molar-refractivity contribution in [1.29, 1.82) is 0 Å². The second-order valence-electron chi connectivity index (χ2n) is 4.21. The van der Waals surface area contributed by atoms with Crippen LogP contribution < -0.4 is 0 Å². The second kappa shape index (κ2) is 6.29. The van der Waals surface area contributed by atoms with Crippen LogP contribution in [0.5, 0.6) is 0 Å². The summed E-state index contributed by atoms with van der Waals surface area (Å²) in [7, 11) is 5.03. The fourth-order valence-electron chi connectivity index (χ4n) is 0.988. The summed E-state index contributed by atoms with van der Waals surface area (Å²) < 4.78 is 19.2. The third-order valence-electron chi connectivity index (χ3n) is 2.80. The molecule has 4 heteroatoms. The van der Waals surface area contributed by atoms with Gasteiger partial charge in [0.25, 0.3) is 0 Å². The van der Waals surface area contributed by atoms with Crippen LogP contribution in [0.4, 0.5) is 4.39 Å². The van der Waals surface area contributed by atoms with Crippen LogP contribution in [0.25, 0.3) is 0 Å². The Balaban J connectivity index is 5.51. The minimum Gasteiger partial charge on any atom is -0.479 e. The fraction of sp³-hybridized carbons (Fsp3) is 0.615. The summed E-state index contributed by atoms with van der Waals surface area (Å²) in [6.45, 7) is 5.25. The average molecular weight is 240 g/mol. The Morgan fingerprint density at radius 3 is 2.35 bits per heavy atom. The van der Waals surface area contributed by atoms with Crippen molar-refractivity contribution in [1.82, 2.24) is 4.90 Å². The summed E-state index contributed by atoms with van der Waals surface area (Å²) in [4.78, 5) is 5.86. The summed E-state index contributed by atoms with van der Waals surface area (Å²) in [5.41, 5.74) is -0.971. The summed E-state index contributed by atoms with van der Waals surface area (Å²) in [5, 5.41) is 0. The molecule has 0 aliphatic carbocycles. The first-order chi connectivity index (χ1) is 7.82. The number of methoxy groups -OCH3 is 1. The third-order valence-corrected chi connectivity index (χ3v) is 2.80. The van der Waals surface area contributed by atoms with Gasteiger partial charge in [-0.2, -0.15) is 4.99 Å². The normalized spacial score (nSPS) is 16.7. The zero-order valence-electron chi connectivity index (χ0n) is 11.5. The van der Waals surface area contributed by atoms with Crippen LogP contribution in [0.2, 0.25) is 0 Å². The summed E-state index contributed by atoms with van der Waals surface area (Å²) in [6.07, 6.45) is 5.85. The molecular weight excluding hydrogens is 219 g/mol. The van der Waals surface area contributed by atoms with Crippen LogP contribution in [0.15, 0.2) is 16.7 Å². The molecule has 0 saturated carbocycles. The molecule has 0 radical (unpaired) electrons. The number of rotatable bonds is 4. The predicted octanol–water partition coefficient (Wildman–Crippen LogP) is 2.80. The van der Waals surface area contributed by atoms with E-state index in [1.807, 2.05) is 21.0 Å². The lowest BCUT2D eigenvalue weighted by atomic mass is 9.87. The van der Waals surface area contributed by atoms with Crippen molar-refractivity contribution in [2.75, 3.05) is 21.2 Å². The quantitative estimate of drug-likeness (QED) is 0.327. The number of aliphatic imine (C=N–C) groups is 1. The van der Waals surface area contributed by atoms with Gasteiger partial charge in [-0.1, -0.05) is 12.8 Å². The summed E-state index contributed by atoms with van der Waals surface area (Å²) in [6, 6.07) is 0. The van der Waals surface area contributed by atoms with Crippen molar-refractivity contribution in [2.24, 2.45) is 10.4 Å². The molecule has 0 rings (SSSR count).